The molecule has 18 heavy (non-hydrogen) atoms. The summed E-state index contributed by atoms with van der Waals surface area (Å²) in [6.07, 6.45) is 4.15. The summed E-state index contributed by atoms with van der Waals surface area (Å²) in [7, 11) is 0. The van der Waals surface area contributed by atoms with Crippen molar-refractivity contribution in [1.29, 1.82) is 0 Å². The Balaban J connectivity index is 2.31. The second kappa shape index (κ2) is 6.01. The van der Waals surface area contributed by atoms with Gasteiger partial charge >= 0.3 is 0 Å². The number of aryl methyl sites for hydroxylation is 2. The number of nitrogens with zero attached hydrogens (tertiary/aromatic N) is 1. The Morgan fingerprint density at radius 2 is 2.06 bits per heavy atom. The Morgan fingerprint density at radius 1 is 1.33 bits per heavy atom. The van der Waals surface area contributed by atoms with E-state index >= 15 is 0 Å². The number of likely N-dealkylation sites (N-methyl/N-ethyl adjacent to an activating group) is 1. The van der Waals surface area contributed by atoms with Gasteiger partial charge in [0.15, 0.2) is 0 Å². The van der Waals surface area contributed by atoms with Crippen molar-refractivity contribution in [3.05, 3.63) is 40.9 Å². The highest BCUT2D eigenvalue weighted by Crippen LogP contribution is 2.28. The Labute approximate surface area is 109 Å². The Bertz CT molecular complexity index is 420. The number of aromatic nitrogens is 1. The minimum Gasteiger partial charge on any atom is -0.501 e. The molecule has 0 saturated carbocycles. The van der Waals surface area contributed by atoms with E-state index in [1.165, 1.54) is 11.1 Å². The lowest BCUT2D eigenvalue weighted by Gasteiger charge is -2.24. The summed E-state index contributed by atoms with van der Waals surface area (Å²) >= 11 is 0. The Kier molecular flexibility index (Phi) is 4.37. The number of hydrogen-bond donors (Lipinski definition) is 1. The van der Waals surface area contributed by atoms with E-state index in [0.717, 1.165) is 37.4 Å². The third kappa shape index (κ3) is 3.10. The fraction of sp³-hybridized carbons (Fsp3) is 0.533. The third-order valence-electron chi connectivity index (χ3n) is 3.18. The van der Waals surface area contributed by atoms with Crippen LogP contribution >= 0.6 is 0 Å². The summed E-state index contributed by atoms with van der Waals surface area (Å²) in [5.74, 6) is 0. The normalized spacial score (nSPS) is 16.9. The second-order valence-corrected chi connectivity index (χ2v) is 4.84. The van der Waals surface area contributed by atoms with Crippen LogP contribution in [0.5, 0.6) is 0 Å². The number of nitrogens with one attached hydrogen (secondary N) is 1. The molecule has 98 valence electrons. The molecule has 0 bridgehead atoms. The van der Waals surface area contributed by atoms with Crippen LogP contribution in [0.2, 0.25) is 0 Å². The Morgan fingerprint density at radius 3 is 2.61 bits per heavy atom. The van der Waals surface area contributed by atoms with Gasteiger partial charge in [-0.1, -0.05) is 6.92 Å². The number of rotatable bonds is 4. The highest BCUT2D eigenvalue weighted by atomic mass is 16.5. The molecule has 1 atom stereocenters. The van der Waals surface area contributed by atoms with Crippen molar-refractivity contribution in [3.8, 4) is 0 Å². The molecule has 1 aromatic heterocycles. The van der Waals surface area contributed by atoms with Gasteiger partial charge in [0.1, 0.15) is 0 Å². The average Bonchev–Trinajstić information content (AvgIpc) is 2.36. The highest BCUT2D eigenvalue weighted by molar-refractivity contribution is 5.30. The molecule has 1 aliphatic rings. The highest BCUT2D eigenvalue weighted by Gasteiger charge is 2.18. The molecule has 0 amide bonds. The van der Waals surface area contributed by atoms with Gasteiger partial charge in [-0.3, -0.25) is 4.98 Å². The predicted molar refractivity (Wildman–Crippen MR) is 73.4 cm³/mol. The van der Waals surface area contributed by atoms with Crippen molar-refractivity contribution >= 4 is 0 Å². The smallest absolute Gasteiger partial charge is 0.0876 e. The lowest BCUT2D eigenvalue weighted by atomic mass is 9.95. The molecule has 3 heteroatoms. The largest absolute Gasteiger partial charge is 0.501 e. The first-order chi connectivity index (χ1) is 8.70. The molecule has 3 nitrogen and oxygen atoms in total. The summed E-state index contributed by atoms with van der Waals surface area (Å²) < 4.78 is 5.47. The summed E-state index contributed by atoms with van der Waals surface area (Å²) in [5, 5.41) is 3.55. The molecule has 2 rings (SSSR count). The lowest BCUT2D eigenvalue weighted by Crippen LogP contribution is -2.24. The second-order valence-electron chi connectivity index (χ2n) is 4.84. The lowest BCUT2D eigenvalue weighted by molar-refractivity contribution is 0.219. The predicted octanol–water partition coefficient (Wildman–Crippen LogP) is 3.04. The molecule has 0 radical (unpaired) electrons. The van der Waals surface area contributed by atoms with Crippen molar-refractivity contribution in [2.45, 2.75) is 39.7 Å². The topological polar surface area (TPSA) is 34.1 Å². The molecule has 1 aliphatic heterocycles. The number of hydrogen-bond acceptors (Lipinski definition) is 3. The maximum absolute atomic E-state index is 5.47. The van der Waals surface area contributed by atoms with E-state index in [1.54, 1.807) is 0 Å². The summed E-state index contributed by atoms with van der Waals surface area (Å²) in [5.41, 5.74) is 4.78. The van der Waals surface area contributed by atoms with Gasteiger partial charge < -0.3 is 10.1 Å². The maximum Gasteiger partial charge on any atom is 0.0876 e. The van der Waals surface area contributed by atoms with Gasteiger partial charge in [0.25, 0.3) is 0 Å². The van der Waals surface area contributed by atoms with Crippen molar-refractivity contribution in [1.82, 2.24) is 10.3 Å². The van der Waals surface area contributed by atoms with Crippen molar-refractivity contribution in [2.75, 3.05) is 13.2 Å². The van der Waals surface area contributed by atoms with Crippen LogP contribution in [0.15, 0.2) is 24.0 Å². The van der Waals surface area contributed by atoms with Gasteiger partial charge in [-0.25, -0.2) is 0 Å². The SMILES string of the molecule is CCNC(C1=COCCC1)c1cc(C)nc(C)c1. The molecule has 2 heterocycles. The maximum atomic E-state index is 5.47. The average molecular weight is 246 g/mol. The van der Waals surface area contributed by atoms with Gasteiger partial charge in [-0.05, 0) is 56.5 Å². The number of pyridine rings is 1. The summed E-state index contributed by atoms with van der Waals surface area (Å²) in [6.45, 7) is 8.02. The first kappa shape index (κ1) is 13.1. The monoisotopic (exact) mass is 246 g/mol. The molecule has 0 aromatic carbocycles. The van der Waals surface area contributed by atoms with Crippen LogP contribution in [0.3, 0.4) is 0 Å². The van der Waals surface area contributed by atoms with Crippen LogP contribution in [0.1, 0.15) is 42.8 Å². The van der Waals surface area contributed by atoms with Gasteiger partial charge in [0.2, 0.25) is 0 Å². The van der Waals surface area contributed by atoms with E-state index in [4.69, 9.17) is 4.74 Å². The minimum atomic E-state index is 0.260. The number of ether oxygens (including phenoxy) is 1. The van der Waals surface area contributed by atoms with E-state index in [9.17, 15) is 0 Å². The molecule has 0 saturated heterocycles. The van der Waals surface area contributed by atoms with Crippen molar-refractivity contribution in [2.24, 2.45) is 0 Å². The molecule has 0 aliphatic carbocycles. The third-order valence-corrected chi connectivity index (χ3v) is 3.18. The molecule has 1 aromatic rings. The summed E-state index contributed by atoms with van der Waals surface area (Å²) in [4.78, 5) is 4.44. The molecule has 1 N–H and O–H groups in total. The first-order valence-corrected chi connectivity index (χ1v) is 6.70. The van der Waals surface area contributed by atoms with Crippen LogP contribution in [0.4, 0.5) is 0 Å². The minimum absolute atomic E-state index is 0.260. The summed E-state index contributed by atoms with van der Waals surface area (Å²) in [6, 6.07) is 4.58. The fourth-order valence-electron chi connectivity index (χ4n) is 2.50. The zero-order chi connectivity index (χ0) is 13.0. The van der Waals surface area contributed by atoms with Gasteiger partial charge in [0.05, 0.1) is 18.9 Å². The van der Waals surface area contributed by atoms with Crippen LogP contribution in [0.25, 0.3) is 0 Å². The molecule has 1 unspecified atom stereocenters. The van der Waals surface area contributed by atoms with Crippen LogP contribution < -0.4 is 5.32 Å². The first-order valence-electron chi connectivity index (χ1n) is 6.70. The van der Waals surface area contributed by atoms with E-state index in [0.29, 0.717) is 0 Å². The molecule has 0 spiro atoms. The van der Waals surface area contributed by atoms with E-state index in [-0.39, 0.29) is 6.04 Å². The molecular weight excluding hydrogens is 224 g/mol. The van der Waals surface area contributed by atoms with Crippen molar-refractivity contribution < 1.29 is 4.74 Å². The fourth-order valence-corrected chi connectivity index (χ4v) is 2.50. The van der Waals surface area contributed by atoms with E-state index in [2.05, 4.69) is 29.4 Å². The molecular formula is C15H22N2O. The van der Waals surface area contributed by atoms with Crippen LogP contribution in [-0.4, -0.2) is 18.1 Å². The Hall–Kier alpha value is -1.35. The molecule has 0 fully saturated rings. The quantitative estimate of drug-likeness (QED) is 0.886. The van der Waals surface area contributed by atoms with Crippen LogP contribution in [-0.2, 0) is 4.74 Å². The van der Waals surface area contributed by atoms with Crippen LogP contribution in [0, 0.1) is 13.8 Å². The standard InChI is InChI=1S/C15H22N2O/c1-4-16-15(13-6-5-7-18-10-13)14-8-11(2)17-12(3)9-14/h8-10,15-16H,4-7H2,1-3H3. The van der Waals surface area contributed by atoms with E-state index < -0.39 is 0 Å². The van der Waals surface area contributed by atoms with E-state index in [1.807, 2.05) is 20.1 Å². The van der Waals surface area contributed by atoms with Gasteiger partial charge in [0, 0.05) is 11.4 Å². The van der Waals surface area contributed by atoms with Gasteiger partial charge in [-0.2, -0.15) is 0 Å². The van der Waals surface area contributed by atoms with Gasteiger partial charge in [-0.15, -0.1) is 0 Å². The zero-order valence-electron chi connectivity index (χ0n) is 11.5. The zero-order valence-corrected chi connectivity index (χ0v) is 11.5. The van der Waals surface area contributed by atoms with Crippen molar-refractivity contribution in [3.63, 3.8) is 0 Å².